The summed E-state index contributed by atoms with van der Waals surface area (Å²) in [5, 5.41) is 6.50. The van der Waals surface area contributed by atoms with E-state index in [0.717, 1.165) is 16.5 Å². The van der Waals surface area contributed by atoms with Gasteiger partial charge in [0, 0.05) is 43.2 Å². The van der Waals surface area contributed by atoms with Crippen molar-refractivity contribution in [2.24, 2.45) is 5.14 Å². The molecule has 2 aromatic rings. The number of amides is 1. The van der Waals surface area contributed by atoms with Gasteiger partial charge in [-0.1, -0.05) is 24.3 Å². The summed E-state index contributed by atoms with van der Waals surface area (Å²) in [7, 11) is -3.66. The van der Waals surface area contributed by atoms with E-state index in [1.54, 1.807) is 4.90 Å². The van der Waals surface area contributed by atoms with Crippen molar-refractivity contribution < 1.29 is 13.2 Å². The molecule has 22 heavy (non-hydrogen) atoms. The Balaban J connectivity index is 1.68. The Morgan fingerprint density at radius 3 is 2.68 bits per heavy atom. The molecule has 1 unspecified atom stereocenters. The fourth-order valence-corrected chi connectivity index (χ4v) is 3.45. The number of pyridine rings is 1. The van der Waals surface area contributed by atoms with Crippen LogP contribution in [0.2, 0.25) is 0 Å². The third kappa shape index (κ3) is 3.10. The molecule has 1 saturated heterocycles. The Bertz CT molecular complexity index is 820. The summed E-state index contributed by atoms with van der Waals surface area (Å²) in [5.41, 5.74) is 0.880. The maximum Gasteiger partial charge on any atom is 0.224 e. The normalized spacial score (nSPS) is 19.0. The van der Waals surface area contributed by atoms with Gasteiger partial charge in [-0.15, -0.1) is 0 Å². The topological polar surface area (TPSA) is 93.4 Å². The highest BCUT2D eigenvalue weighted by atomic mass is 32.2. The maximum absolute atomic E-state index is 11.9. The van der Waals surface area contributed by atoms with E-state index in [0.29, 0.717) is 13.0 Å². The van der Waals surface area contributed by atoms with E-state index in [-0.39, 0.29) is 18.9 Å². The molecule has 1 aromatic carbocycles. The van der Waals surface area contributed by atoms with Crippen molar-refractivity contribution >= 4 is 26.7 Å². The summed E-state index contributed by atoms with van der Waals surface area (Å²) >= 11 is 0. The van der Waals surface area contributed by atoms with Crippen LogP contribution in [0, 0.1) is 0 Å². The van der Waals surface area contributed by atoms with Gasteiger partial charge >= 0.3 is 0 Å². The third-order valence-corrected chi connectivity index (χ3v) is 5.21. The van der Waals surface area contributed by atoms with Crippen LogP contribution in [-0.4, -0.2) is 42.5 Å². The molecule has 1 aliphatic heterocycles. The number of hydrogen-bond donors (Lipinski definition) is 1. The van der Waals surface area contributed by atoms with Gasteiger partial charge in [-0.2, -0.15) is 0 Å². The van der Waals surface area contributed by atoms with E-state index < -0.39 is 15.3 Å². The van der Waals surface area contributed by atoms with Crippen molar-refractivity contribution in [3.63, 3.8) is 0 Å². The average molecular weight is 319 g/mol. The first-order valence-corrected chi connectivity index (χ1v) is 8.67. The molecule has 1 aromatic heterocycles. The molecule has 0 bridgehead atoms. The van der Waals surface area contributed by atoms with Crippen LogP contribution in [0.1, 0.15) is 12.1 Å². The molecule has 0 radical (unpaired) electrons. The van der Waals surface area contributed by atoms with Gasteiger partial charge in [-0.05, 0) is 11.5 Å². The second-order valence-corrected chi connectivity index (χ2v) is 7.37. The molecule has 3 rings (SSSR count). The van der Waals surface area contributed by atoms with Crippen molar-refractivity contribution in [1.82, 2.24) is 9.88 Å². The van der Waals surface area contributed by atoms with E-state index in [9.17, 15) is 13.2 Å². The Labute approximate surface area is 129 Å². The van der Waals surface area contributed by atoms with E-state index >= 15 is 0 Å². The quantitative estimate of drug-likeness (QED) is 0.896. The number of nitrogens with zero attached hydrogens (tertiary/aromatic N) is 2. The fourth-order valence-electron chi connectivity index (χ4n) is 2.69. The Hall–Kier alpha value is -1.99. The van der Waals surface area contributed by atoms with Crippen molar-refractivity contribution in [3.05, 3.63) is 42.2 Å². The molecule has 0 aliphatic carbocycles. The monoisotopic (exact) mass is 319 g/mol. The smallest absolute Gasteiger partial charge is 0.224 e. The first-order valence-electron chi connectivity index (χ1n) is 7.06. The number of carbonyl (C=O) groups is 1. The minimum atomic E-state index is -3.66. The number of aromatic nitrogens is 1. The SMILES string of the molecule is NS(=O)(=O)C1CC(=O)N(CCc2cc3ccccc3cn2)C1. The lowest BCUT2D eigenvalue weighted by Gasteiger charge is -2.15. The number of rotatable bonds is 4. The van der Waals surface area contributed by atoms with Crippen LogP contribution in [-0.2, 0) is 21.2 Å². The number of likely N-dealkylation sites (tertiary alicyclic amines) is 1. The zero-order chi connectivity index (χ0) is 15.7. The van der Waals surface area contributed by atoms with E-state index in [1.807, 2.05) is 36.5 Å². The number of primary sulfonamides is 1. The molecular formula is C15H17N3O3S. The van der Waals surface area contributed by atoms with Gasteiger partial charge in [0.05, 0.1) is 0 Å². The van der Waals surface area contributed by atoms with Crippen molar-refractivity contribution in [2.75, 3.05) is 13.1 Å². The second kappa shape index (κ2) is 5.66. The molecule has 0 spiro atoms. The van der Waals surface area contributed by atoms with Crippen molar-refractivity contribution in [3.8, 4) is 0 Å². The molecule has 7 heteroatoms. The molecule has 6 nitrogen and oxygen atoms in total. The standard InChI is InChI=1S/C15H17N3O3S/c16-22(20,21)14-8-15(19)18(10-14)6-5-13-7-11-3-1-2-4-12(11)9-17-13/h1-4,7,9,14H,5-6,8,10H2,(H2,16,20,21). The molecule has 1 amide bonds. The molecule has 2 N–H and O–H groups in total. The van der Waals surface area contributed by atoms with Gasteiger partial charge < -0.3 is 4.90 Å². The van der Waals surface area contributed by atoms with Gasteiger partial charge in [-0.25, -0.2) is 13.6 Å². The summed E-state index contributed by atoms with van der Waals surface area (Å²) in [4.78, 5) is 17.8. The minimum absolute atomic E-state index is 0.0238. The zero-order valence-electron chi connectivity index (χ0n) is 12.0. The number of carbonyl (C=O) groups excluding carboxylic acids is 1. The van der Waals surface area contributed by atoms with Crippen LogP contribution >= 0.6 is 0 Å². The molecule has 116 valence electrons. The zero-order valence-corrected chi connectivity index (χ0v) is 12.8. The molecule has 1 fully saturated rings. The van der Waals surface area contributed by atoms with Gasteiger partial charge in [-0.3, -0.25) is 9.78 Å². The largest absolute Gasteiger partial charge is 0.341 e. The summed E-state index contributed by atoms with van der Waals surface area (Å²) < 4.78 is 22.7. The molecule has 1 atom stereocenters. The molecule has 1 aliphatic rings. The number of hydrogen-bond acceptors (Lipinski definition) is 4. The predicted molar refractivity (Wildman–Crippen MR) is 83.5 cm³/mol. The highest BCUT2D eigenvalue weighted by Crippen LogP contribution is 2.18. The Morgan fingerprint density at radius 2 is 2.00 bits per heavy atom. The van der Waals surface area contributed by atoms with Gasteiger partial charge in [0.1, 0.15) is 5.25 Å². The molecule has 0 saturated carbocycles. The fraction of sp³-hybridized carbons (Fsp3) is 0.333. The predicted octanol–water partition coefficient (Wildman–Crippen LogP) is 0.667. The third-order valence-electron chi connectivity index (χ3n) is 3.97. The Kier molecular flexibility index (Phi) is 3.84. The highest BCUT2D eigenvalue weighted by Gasteiger charge is 2.36. The van der Waals surface area contributed by atoms with Gasteiger partial charge in [0.15, 0.2) is 0 Å². The van der Waals surface area contributed by atoms with Crippen LogP contribution in [0.15, 0.2) is 36.5 Å². The van der Waals surface area contributed by atoms with Crippen LogP contribution in [0.4, 0.5) is 0 Å². The summed E-state index contributed by atoms with van der Waals surface area (Å²) in [6.07, 6.45) is 2.38. The van der Waals surface area contributed by atoms with Crippen molar-refractivity contribution in [1.29, 1.82) is 0 Å². The first-order chi connectivity index (χ1) is 10.4. The van der Waals surface area contributed by atoms with E-state index in [2.05, 4.69) is 4.98 Å². The van der Waals surface area contributed by atoms with E-state index in [1.165, 1.54) is 0 Å². The first kappa shape index (κ1) is 14.9. The Morgan fingerprint density at radius 1 is 1.27 bits per heavy atom. The maximum atomic E-state index is 11.9. The lowest BCUT2D eigenvalue weighted by Crippen LogP contribution is -2.33. The molecule has 2 heterocycles. The summed E-state index contributed by atoms with van der Waals surface area (Å²) in [6, 6.07) is 9.92. The average Bonchev–Trinajstić information content (AvgIpc) is 2.86. The lowest BCUT2D eigenvalue weighted by molar-refractivity contribution is -0.127. The van der Waals surface area contributed by atoms with Crippen LogP contribution in [0.3, 0.4) is 0 Å². The number of fused-ring (bicyclic) bond motifs is 1. The number of benzene rings is 1. The van der Waals surface area contributed by atoms with Gasteiger partial charge in [0.25, 0.3) is 0 Å². The van der Waals surface area contributed by atoms with E-state index in [4.69, 9.17) is 5.14 Å². The minimum Gasteiger partial charge on any atom is -0.341 e. The van der Waals surface area contributed by atoms with Crippen LogP contribution in [0.25, 0.3) is 10.8 Å². The number of sulfonamides is 1. The summed E-state index contributed by atoms with van der Waals surface area (Å²) in [6.45, 7) is 0.626. The van der Waals surface area contributed by atoms with Crippen molar-refractivity contribution in [2.45, 2.75) is 18.1 Å². The number of nitrogens with two attached hydrogens (primary N) is 1. The summed E-state index contributed by atoms with van der Waals surface area (Å²) in [5.74, 6) is -0.167. The van der Waals surface area contributed by atoms with Gasteiger partial charge in [0.2, 0.25) is 15.9 Å². The lowest BCUT2D eigenvalue weighted by atomic mass is 10.1. The second-order valence-electron chi connectivity index (χ2n) is 5.53. The highest BCUT2D eigenvalue weighted by molar-refractivity contribution is 7.89. The van der Waals surface area contributed by atoms with Crippen LogP contribution < -0.4 is 5.14 Å². The molecular weight excluding hydrogens is 302 g/mol. The van der Waals surface area contributed by atoms with Crippen LogP contribution in [0.5, 0.6) is 0 Å².